The number of rotatable bonds is 6. The van der Waals surface area contributed by atoms with E-state index in [1.807, 2.05) is 6.92 Å². The van der Waals surface area contributed by atoms with E-state index in [0.29, 0.717) is 28.5 Å². The monoisotopic (exact) mass is 287 g/mol. The first-order valence-corrected chi connectivity index (χ1v) is 6.24. The molecule has 1 atom stereocenters. The van der Waals surface area contributed by atoms with Gasteiger partial charge >= 0.3 is 5.97 Å². The summed E-state index contributed by atoms with van der Waals surface area (Å²) in [6.07, 6.45) is 0.470. The van der Waals surface area contributed by atoms with Crippen LogP contribution in [0.25, 0.3) is 0 Å². The van der Waals surface area contributed by atoms with E-state index in [1.54, 1.807) is 6.07 Å². The highest BCUT2D eigenvalue weighted by Gasteiger charge is 2.22. The molecule has 1 unspecified atom stereocenters. The Kier molecular flexibility index (Phi) is 5.44. The highest BCUT2D eigenvalue weighted by atomic mass is 35.5. The molecule has 0 heterocycles. The first-order chi connectivity index (χ1) is 8.96. The summed E-state index contributed by atoms with van der Waals surface area (Å²) in [6.45, 7) is 1.93. The van der Waals surface area contributed by atoms with Crippen LogP contribution in [0, 0.1) is 0 Å². The predicted octanol–water partition coefficient (Wildman–Crippen LogP) is 2.39. The molecule has 5 nitrogen and oxygen atoms in total. The Balaban J connectivity index is 3.39. The van der Waals surface area contributed by atoms with E-state index in [4.69, 9.17) is 31.9 Å². The van der Waals surface area contributed by atoms with Crippen LogP contribution in [0.4, 0.5) is 0 Å². The molecule has 0 aliphatic heterocycles. The minimum atomic E-state index is -0.958. The van der Waals surface area contributed by atoms with Crippen molar-refractivity contribution in [3.05, 3.63) is 22.2 Å². The number of carboxylic acids is 1. The molecule has 0 amide bonds. The minimum Gasteiger partial charge on any atom is -0.493 e. The number of hydrogen-bond acceptors (Lipinski definition) is 4. The Morgan fingerprint density at radius 1 is 1.42 bits per heavy atom. The summed E-state index contributed by atoms with van der Waals surface area (Å²) in [5.41, 5.74) is 7.41. The molecular weight excluding hydrogens is 270 g/mol. The third-order valence-corrected chi connectivity index (χ3v) is 3.16. The van der Waals surface area contributed by atoms with Gasteiger partial charge in [0, 0.05) is 11.6 Å². The van der Waals surface area contributed by atoms with E-state index in [0.717, 1.165) is 5.56 Å². The normalized spacial score (nSPS) is 12.1. The average molecular weight is 288 g/mol. The molecule has 3 N–H and O–H groups in total. The van der Waals surface area contributed by atoms with E-state index in [2.05, 4.69) is 0 Å². The largest absolute Gasteiger partial charge is 0.493 e. The van der Waals surface area contributed by atoms with Gasteiger partial charge in [0.25, 0.3) is 0 Å². The highest BCUT2D eigenvalue weighted by Crippen LogP contribution is 2.42. The maximum atomic E-state index is 10.8. The summed E-state index contributed by atoms with van der Waals surface area (Å²) in [7, 11) is 3.01. The summed E-state index contributed by atoms with van der Waals surface area (Å²) < 4.78 is 10.5. The highest BCUT2D eigenvalue weighted by molar-refractivity contribution is 6.32. The van der Waals surface area contributed by atoms with Crippen molar-refractivity contribution in [3.8, 4) is 11.5 Å². The van der Waals surface area contributed by atoms with Crippen LogP contribution in [0.1, 0.15) is 30.5 Å². The number of nitrogens with two attached hydrogens (primary N) is 1. The number of carbonyl (C=O) groups is 1. The van der Waals surface area contributed by atoms with Crippen molar-refractivity contribution in [3.63, 3.8) is 0 Å². The Bertz CT molecular complexity index is 476. The van der Waals surface area contributed by atoms with Gasteiger partial charge in [-0.15, -0.1) is 0 Å². The van der Waals surface area contributed by atoms with Crippen molar-refractivity contribution < 1.29 is 19.4 Å². The molecule has 0 aromatic heterocycles. The van der Waals surface area contributed by atoms with Gasteiger partial charge in [0.05, 0.1) is 25.7 Å². The molecule has 1 aromatic rings. The molecule has 1 rings (SSSR count). The fraction of sp³-hybridized carbons (Fsp3) is 0.462. The second kappa shape index (κ2) is 6.63. The Labute approximate surface area is 117 Å². The fourth-order valence-electron chi connectivity index (χ4n) is 2.07. The number of hydrogen-bond donors (Lipinski definition) is 2. The smallest absolute Gasteiger partial charge is 0.305 e. The van der Waals surface area contributed by atoms with Gasteiger partial charge in [0.2, 0.25) is 0 Å². The fourth-order valence-corrected chi connectivity index (χ4v) is 2.35. The standard InChI is InChI=1S/C13H18ClNO4/c1-4-7-8(10(15)6-11(16)17)5-9(14)13(19-3)12(7)18-2/h5,10H,4,6,15H2,1-3H3,(H,16,17). The molecule has 0 fully saturated rings. The van der Waals surface area contributed by atoms with E-state index in [-0.39, 0.29) is 6.42 Å². The van der Waals surface area contributed by atoms with Gasteiger partial charge in [-0.25, -0.2) is 0 Å². The quantitative estimate of drug-likeness (QED) is 0.839. The summed E-state index contributed by atoms with van der Waals surface area (Å²) in [6, 6.07) is 1.01. The molecule has 0 saturated carbocycles. The molecule has 0 bridgehead atoms. The topological polar surface area (TPSA) is 81.8 Å². The molecule has 0 radical (unpaired) electrons. The van der Waals surface area contributed by atoms with Gasteiger partial charge in [-0.3, -0.25) is 4.79 Å². The second-order valence-electron chi connectivity index (χ2n) is 4.05. The summed E-state index contributed by atoms with van der Waals surface area (Å²) in [5.74, 6) is -0.0129. The molecule has 0 aliphatic rings. The van der Waals surface area contributed by atoms with Gasteiger partial charge < -0.3 is 20.3 Å². The lowest BCUT2D eigenvalue weighted by molar-refractivity contribution is -0.137. The number of ether oxygens (including phenoxy) is 2. The van der Waals surface area contributed by atoms with E-state index >= 15 is 0 Å². The van der Waals surface area contributed by atoms with E-state index in [1.165, 1.54) is 14.2 Å². The van der Waals surface area contributed by atoms with Gasteiger partial charge in [-0.05, 0) is 18.1 Å². The zero-order valence-electron chi connectivity index (χ0n) is 11.2. The van der Waals surface area contributed by atoms with Gasteiger partial charge in [-0.1, -0.05) is 18.5 Å². The van der Waals surface area contributed by atoms with Crippen LogP contribution in [0.2, 0.25) is 5.02 Å². The molecule has 106 valence electrons. The van der Waals surface area contributed by atoms with Crippen LogP contribution in [0.15, 0.2) is 6.07 Å². The molecule has 0 spiro atoms. The Hall–Kier alpha value is -1.46. The van der Waals surface area contributed by atoms with E-state index in [9.17, 15) is 4.79 Å². The maximum absolute atomic E-state index is 10.8. The van der Waals surface area contributed by atoms with Crippen LogP contribution in [-0.4, -0.2) is 25.3 Å². The lowest BCUT2D eigenvalue weighted by atomic mass is 9.95. The van der Waals surface area contributed by atoms with Crippen LogP contribution in [0.5, 0.6) is 11.5 Å². The van der Waals surface area contributed by atoms with Crippen molar-refractivity contribution in [2.45, 2.75) is 25.8 Å². The van der Waals surface area contributed by atoms with Crippen molar-refractivity contribution in [1.29, 1.82) is 0 Å². The molecule has 0 aliphatic carbocycles. The third-order valence-electron chi connectivity index (χ3n) is 2.88. The number of methoxy groups -OCH3 is 2. The van der Waals surface area contributed by atoms with Crippen molar-refractivity contribution >= 4 is 17.6 Å². The molecular formula is C13H18ClNO4. The second-order valence-corrected chi connectivity index (χ2v) is 4.46. The summed E-state index contributed by atoms with van der Waals surface area (Å²) in [5, 5.41) is 9.19. The van der Waals surface area contributed by atoms with Crippen LogP contribution >= 0.6 is 11.6 Å². The zero-order valence-corrected chi connectivity index (χ0v) is 12.0. The van der Waals surface area contributed by atoms with Crippen LogP contribution in [0.3, 0.4) is 0 Å². The lowest BCUT2D eigenvalue weighted by Crippen LogP contribution is -2.17. The van der Waals surface area contributed by atoms with Crippen molar-refractivity contribution in [2.75, 3.05) is 14.2 Å². The lowest BCUT2D eigenvalue weighted by Gasteiger charge is -2.20. The number of carboxylic acid groups (broad SMARTS) is 1. The molecule has 19 heavy (non-hydrogen) atoms. The third kappa shape index (κ3) is 3.30. The predicted molar refractivity (Wildman–Crippen MR) is 73.1 cm³/mol. The minimum absolute atomic E-state index is 0.168. The number of aliphatic carboxylic acids is 1. The Morgan fingerprint density at radius 2 is 2.00 bits per heavy atom. The van der Waals surface area contributed by atoms with E-state index < -0.39 is 12.0 Å². The maximum Gasteiger partial charge on any atom is 0.305 e. The zero-order chi connectivity index (χ0) is 14.6. The van der Waals surface area contributed by atoms with Gasteiger partial charge in [0.1, 0.15) is 0 Å². The summed E-state index contributed by atoms with van der Waals surface area (Å²) >= 11 is 6.12. The molecule has 0 saturated heterocycles. The van der Waals surface area contributed by atoms with Gasteiger partial charge in [-0.2, -0.15) is 0 Å². The molecule has 1 aromatic carbocycles. The Morgan fingerprint density at radius 3 is 2.42 bits per heavy atom. The van der Waals surface area contributed by atoms with Crippen molar-refractivity contribution in [2.24, 2.45) is 5.73 Å². The number of benzene rings is 1. The van der Waals surface area contributed by atoms with Gasteiger partial charge in [0.15, 0.2) is 11.5 Å². The van der Waals surface area contributed by atoms with Crippen LogP contribution < -0.4 is 15.2 Å². The first-order valence-electron chi connectivity index (χ1n) is 5.86. The first kappa shape index (κ1) is 15.6. The average Bonchev–Trinajstić information content (AvgIpc) is 2.36. The van der Waals surface area contributed by atoms with Crippen molar-refractivity contribution in [1.82, 2.24) is 0 Å². The summed E-state index contributed by atoms with van der Waals surface area (Å²) in [4.78, 5) is 10.8. The SMILES string of the molecule is CCc1c(C(N)CC(=O)O)cc(Cl)c(OC)c1OC. The number of halogens is 1. The van der Waals surface area contributed by atoms with Crippen LogP contribution in [-0.2, 0) is 11.2 Å². The molecule has 6 heteroatoms.